The van der Waals surface area contributed by atoms with Crippen molar-refractivity contribution in [2.75, 3.05) is 31.1 Å². The molecule has 0 bridgehead atoms. The molecule has 2 aromatic rings. The van der Waals surface area contributed by atoms with Gasteiger partial charge in [-0.15, -0.1) is 0 Å². The molecule has 5 nitrogen and oxygen atoms in total. The first-order valence-electron chi connectivity index (χ1n) is 13.3. The molecule has 3 aliphatic rings. The van der Waals surface area contributed by atoms with Gasteiger partial charge < -0.3 is 15.1 Å². The number of piperidine rings is 1. The second kappa shape index (κ2) is 9.89. The van der Waals surface area contributed by atoms with Crippen molar-refractivity contribution >= 4 is 16.6 Å². The average molecular weight is 460 g/mol. The Morgan fingerprint density at radius 1 is 1.06 bits per heavy atom. The van der Waals surface area contributed by atoms with Crippen molar-refractivity contribution < 1.29 is 0 Å². The Balaban J connectivity index is 1.26. The summed E-state index contributed by atoms with van der Waals surface area (Å²) in [5.41, 5.74) is 7.09. The third-order valence-electron chi connectivity index (χ3n) is 8.33. The predicted molar refractivity (Wildman–Crippen MR) is 143 cm³/mol. The summed E-state index contributed by atoms with van der Waals surface area (Å²) in [6, 6.07) is 6.68. The third kappa shape index (κ3) is 4.62. The number of allylic oxidation sites excluding steroid dienone is 3. The predicted octanol–water partition coefficient (Wildman–Crippen LogP) is 6.06. The molecular formula is C29H41N5. The third-order valence-corrected chi connectivity index (χ3v) is 8.33. The van der Waals surface area contributed by atoms with E-state index < -0.39 is 0 Å². The molecule has 3 fully saturated rings. The van der Waals surface area contributed by atoms with Gasteiger partial charge in [0.2, 0.25) is 0 Å². The molecule has 1 aromatic carbocycles. The van der Waals surface area contributed by atoms with E-state index in [9.17, 15) is 0 Å². The van der Waals surface area contributed by atoms with E-state index in [4.69, 9.17) is 5.10 Å². The summed E-state index contributed by atoms with van der Waals surface area (Å²) in [7, 11) is 2.08. The lowest BCUT2D eigenvalue weighted by Crippen LogP contribution is -2.45. The van der Waals surface area contributed by atoms with E-state index in [1.807, 2.05) is 0 Å². The van der Waals surface area contributed by atoms with Gasteiger partial charge in [0.15, 0.2) is 0 Å². The second-order valence-corrected chi connectivity index (χ2v) is 10.6. The van der Waals surface area contributed by atoms with Gasteiger partial charge in [0, 0.05) is 61.6 Å². The molecule has 3 heterocycles. The standard InChI is InChI=1S/C29H41N5/c1-21-13-16-25(23(3)30-21)28-26-11-8-12-27(29(26)32(4)31-28)34-19-17-33(18-20-34)22(2)14-15-24-9-6-5-7-10-24/h8,11-12,24-25,30H,1-3,5-7,9-10,13-20H2,4H3. The zero-order valence-corrected chi connectivity index (χ0v) is 21.0. The quantitative estimate of drug-likeness (QED) is 0.569. The van der Waals surface area contributed by atoms with E-state index in [2.05, 4.69) is 64.8 Å². The van der Waals surface area contributed by atoms with Crippen molar-refractivity contribution in [2.24, 2.45) is 13.0 Å². The minimum atomic E-state index is 0.230. The first-order valence-corrected chi connectivity index (χ1v) is 13.3. The van der Waals surface area contributed by atoms with Crippen molar-refractivity contribution in [1.29, 1.82) is 0 Å². The van der Waals surface area contributed by atoms with Crippen LogP contribution in [0.4, 0.5) is 5.69 Å². The van der Waals surface area contributed by atoms with Crippen LogP contribution in [0, 0.1) is 5.92 Å². The fourth-order valence-electron chi connectivity index (χ4n) is 6.30. The molecule has 2 aliphatic heterocycles. The van der Waals surface area contributed by atoms with Crippen LogP contribution in [0.1, 0.15) is 69.4 Å². The van der Waals surface area contributed by atoms with Gasteiger partial charge in [-0.05, 0) is 37.7 Å². The number of hydrogen-bond acceptors (Lipinski definition) is 4. The molecule has 1 unspecified atom stereocenters. The molecule has 5 rings (SSSR count). The molecule has 5 heteroatoms. The maximum Gasteiger partial charge on any atom is 0.0915 e. The molecule has 0 spiro atoms. The maximum absolute atomic E-state index is 4.99. The van der Waals surface area contributed by atoms with Crippen LogP contribution in [0.3, 0.4) is 0 Å². The summed E-state index contributed by atoms with van der Waals surface area (Å²) >= 11 is 0. The van der Waals surface area contributed by atoms with Gasteiger partial charge in [-0.3, -0.25) is 4.68 Å². The van der Waals surface area contributed by atoms with Crippen LogP contribution in [0.5, 0.6) is 0 Å². The Kier molecular flexibility index (Phi) is 6.71. The number of aryl methyl sites for hydroxylation is 1. The largest absolute Gasteiger partial charge is 0.372 e. The van der Waals surface area contributed by atoms with Crippen LogP contribution < -0.4 is 10.2 Å². The van der Waals surface area contributed by atoms with Gasteiger partial charge in [-0.1, -0.05) is 64.0 Å². The van der Waals surface area contributed by atoms with Crippen molar-refractivity contribution in [3.05, 3.63) is 60.7 Å². The van der Waals surface area contributed by atoms with E-state index in [1.165, 1.54) is 60.8 Å². The lowest BCUT2D eigenvalue weighted by Gasteiger charge is -2.39. The van der Waals surface area contributed by atoms with E-state index in [-0.39, 0.29) is 5.92 Å². The normalized spacial score (nSPS) is 22.3. The van der Waals surface area contributed by atoms with Gasteiger partial charge in [0.25, 0.3) is 0 Å². The number of para-hydroxylation sites is 1. The highest BCUT2D eigenvalue weighted by Gasteiger charge is 2.28. The van der Waals surface area contributed by atoms with Crippen LogP contribution in [0.2, 0.25) is 0 Å². The zero-order chi connectivity index (χ0) is 23.7. The van der Waals surface area contributed by atoms with Crippen LogP contribution in [0.25, 0.3) is 10.9 Å². The first kappa shape index (κ1) is 23.1. The number of benzene rings is 1. The second-order valence-electron chi connectivity index (χ2n) is 10.6. The minimum absolute atomic E-state index is 0.230. The summed E-state index contributed by atoms with van der Waals surface area (Å²) in [6.45, 7) is 17.0. The first-order chi connectivity index (χ1) is 16.5. The molecule has 1 saturated carbocycles. The summed E-state index contributed by atoms with van der Waals surface area (Å²) in [5, 5.41) is 9.60. The van der Waals surface area contributed by atoms with Gasteiger partial charge in [0.05, 0.1) is 16.9 Å². The van der Waals surface area contributed by atoms with Gasteiger partial charge in [-0.25, -0.2) is 0 Å². The van der Waals surface area contributed by atoms with Gasteiger partial charge in [0.1, 0.15) is 0 Å². The minimum Gasteiger partial charge on any atom is -0.372 e. The zero-order valence-electron chi connectivity index (χ0n) is 21.0. The molecule has 2 saturated heterocycles. The highest BCUT2D eigenvalue weighted by molar-refractivity contribution is 5.94. The molecule has 1 aliphatic carbocycles. The maximum atomic E-state index is 4.99. The van der Waals surface area contributed by atoms with Crippen molar-refractivity contribution in [2.45, 2.75) is 63.7 Å². The average Bonchev–Trinajstić information content (AvgIpc) is 3.19. The van der Waals surface area contributed by atoms with Gasteiger partial charge >= 0.3 is 0 Å². The molecule has 0 radical (unpaired) electrons. The van der Waals surface area contributed by atoms with E-state index in [0.29, 0.717) is 0 Å². The fourth-order valence-corrected chi connectivity index (χ4v) is 6.30. The SMILES string of the molecule is C=C1CCC(c2nn(C)c3c(N4CCN(C(=C)CCC5CCCCC5)CC4)cccc23)C(=C)N1. The number of nitrogens with zero attached hydrogens (tertiary/aromatic N) is 4. The highest BCUT2D eigenvalue weighted by Crippen LogP contribution is 2.38. The van der Waals surface area contributed by atoms with Crippen molar-refractivity contribution in [3.8, 4) is 0 Å². The lowest BCUT2D eigenvalue weighted by atomic mass is 9.86. The van der Waals surface area contributed by atoms with Crippen molar-refractivity contribution in [1.82, 2.24) is 20.0 Å². The highest BCUT2D eigenvalue weighted by atomic mass is 15.3. The molecular weight excluding hydrogens is 418 g/mol. The van der Waals surface area contributed by atoms with Gasteiger partial charge in [-0.2, -0.15) is 5.10 Å². The van der Waals surface area contributed by atoms with Crippen LogP contribution in [-0.4, -0.2) is 40.9 Å². The molecule has 34 heavy (non-hydrogen) atoms. The Labute approximate surface area is 205 Å². The summed E-state index contributed by atoms with van der Waals surface area (Å²) < 4.78 is 2.08. The Morgan fingerprint density at radius 2 is 1.82 bits per heavy atom. The molecule has 0 amide bonds. The number of hydrogen-bond donors (Lipinski definition) is 1. The number of piperazine rings is 1. The Morgan fingerprint density at radius 3 is 2.56 bits per heavy atom. The van der Waals surface area contributed by atoms with E-state index >= 15 is 0 Å². The lowest BCUT2D eigenvalue weighted by molar-refractivity contribution is 0.288. The fraction of sp³-hybridized carbons (Fsp3) is 0.552. The number of rotatable bonds is 6. The molecule has 182 valence electrons. The van der Waals surface area contributed by atoms with E-state index in [0.717, 1.165) is 68.4 Å². The number of anilines is 1. The summed E-state index contributed by atoms with van der Waals surface area (Å²) in [6.07, 6.45) is 11.6. The van der Waals surface area contributed by atoms with Crippen LogP contribution in [-0.2, 0) is 7.05 Å². The molecule has 1 N–H and O–H groups in total. The van der Waals surface area contributed by atoms with Crippen LogP contribution >= 0.6 is 0 Å². The summed E-state index contributed by atoms with van der Waals surface area (Å²) in [5.74, 6) is 1.16. The number of fused-ring (bicyclic) bond motifs is 1. The Hall–Kier alpha value is -2.69. The topological polar surface area (TPSA) is 36.3 Å². The number of aromatic nitrogens is 2. The smallest absolute Gasteiger partial charge is 0.0915 e. The molecule has 1 aromatic heterocycles. The number of nitrogens with one attached hydrogen (secondary N) is 1. The Bertz CT molecular complexity index is 1070. The monoisotopic (exact) mass is 459 g/mol. The van der Waals surface area contributed by atoms with Crippen LogP contribution in [0.15, 0.2) is 55.0 Å². The summed E-state index contributed by atoms with van der Waals surface area (Å²) in [4.78, 5) is 5.06. The molecule has 1 atom stereocenters. The van der Waals surface area contributed by atoms with E-state index in [1.54, 1.807) is 0 Å². The van der Waals surface area contributed by atoms with Crippen molar-refractivity contribution in [3.63, 3.8) is 0 Å².